The predicted octanol–water partition coefficient (Wildman–Crippen LogP) is 2.27. The molecule has 0 saturated carbocycles. The number of hydrogen-bond donors (Lipinski definition) is 2. The van der Waals surface area contributed by atoms with Crippen LogP contribution in [0.1, 0.15) is 56.5 Å². The lowest BCUT2D eigenvalue weighted by molar-refractivity contribution is -0.127. The smallest absolute Gasteiger partial charge is 0.224 e. The van der Waals surface area contributed by atoms with E-state index in [9.17, 15) is 4.79 Å². The molecule has 0 spiro atoms. The Morgan fingerprint density at radius 2 is 1.96 bits per heavy atom. The quantitative estimate of drug-likeness (QED) is 0.801. The van der Waals surface area contributed by atoms with Crippen LogP contribution >= 0.6 is 0 Å². The third-order valence-corrected chi connectivity index (χ3v) is 6.52. The minimum Gasteiger partial charge on any atom is -0.355 e. The lowest BCUT2D eigenvalue weighted by Crippen LogP contribution is -2.51. The Labute approximate surface area is 164 Å². The number of H-pyrrole nitrogens is 1. The van der Waals surface area contributed by atoms with Gasteiger partial charge < -0.3 is 10.2 Å². The van der Waals surface area contributed by atoms with Crippen molar-refractivity contribution in [2.24, 2.45) is 5.92 Å². The number of piperidine rings is 2. The summed E-state index contributed by atoms with van der Waals surface area (Å²) in [6, 6.07) is 1.31. The monoisotopic (exact) mass is 375 g/mol. The molecule has 2 fully saturated rings. The molecule has 0 radical (unpaired) electrons. The van der Waals surface area contributed by atoms with Gasteiger partial charge in [-0.3, -0.25) is 14.8 Å². The minimum atomic E-state index is 0.147. The predicted molar refractivity (Wildman–Crippen MR) is 109 cm³/mol. The summed E-state index contributed by atoms with van der Waals surface area (Å²) in [6.07, 6.45) is 5.50. The van der Waals surface area contributed by atoms with E-state index < -0.39 is 0 Å². The summed E-state index contributed by atoms with van der Waals surface area (Å²) in [5.41, 5.74) is 3.38. The van der Waals surface area contributed by atoms with Gasteiger partial charge >= 0.3 is 0 Å². The number of rotatable bonds is 6. The lowest BCUT2D eigenvalue weighted by atomic mass is 9.93. The molecular weight excluding hydrogens is 338 g/mol. The molecule has 0 aromatic carbocycles. The van der Waals surface area contributed by atoms with Crippen molar-refractivity contribution in [2.75, 3.05) is 32.7 Å². The van der Waals surface area contributed by atoms with E-state index in [1.165, 1.54) is 31.5 Å². The highest BCUT2D eigenvalue weighted by Gasteiger charge is 2.31. The Bertz CT molecular complexity index is 599. The van der Waals surface area contributed by atoms with Crippen LogP contribution < -0.4 is 5.32 Å². The molecule has 1 aromatic rings. The summed E-state index contributed by atoms with van der Waals surface area (Å²) >= 11 is 0. The maximum Gasteiger partial charge on any atom is 0.224 e. The molecule has 6 nitrogen and oxygen atoms in total. The van der Waals surface area contributed by atoms with Crippen LogP contribution in [0, 0.1) is 19.8 Å². The maximum absolute atomic E-state index is 12.7. The zero-order valence-corrected chi connectivity index (χ0v) is 17.6. The number of aromatic nitrogens is 2. The molecule has 27 heavy (non-hydrogen) atoms. The Morgan fingerprint density at radius 3 is 2.59 bits per heavy atom. The van der Waals surface area contributed by atoms with Crippen LogP contribution in [-0.2, 0) is 11.2 Å². The van der Waals surface area contributed by atoms with E-state index in [1.807, 2.05) is 13.8 Å². The highest BCUT2D eigenvalue weighted by Crippen LogP contribution is 2.24. The number of nitrogens with zero attached hydrogens (tertiary/aromatic N) is 3. The fraction of sp³-hybridized carbons (Fsp3) is 0.810. The average Bonchev–Trinajstić information content (AvgIpc) is 3.00. The number of carbonyl (C=O) groups excluding carboxylic acids is 1. The van der Waals surface area contributed by atoms with Gasteiger partial charge in [0.2, 0.25) is 5.91 Å². The van der Waals surface area contributed by atoms with Crippen LogP contribution in [0.25, 0.3) is 0 Å². The van der Waals surface area contributed by atoms with E-state index in [2.05, 4.69) is 39.2 Å². The first-order valence-electron chi connectivity index (χ1n) is 10.7. The third-order valence-electron chi connectivity index (χ3n) is 6.52. The van der Waals surface area contributed by atoms with Crippen LogP contribution in [0.5, 0.6) is 0 Å². The van der Waals surface area contributed by atoms with Gasteiger partial charge in [-0.2, -0.15) is 5.10 Å². The second-order valence-corrected chi connectivity index (χ2v) is 8.65. The number of amides is 1. The molecule has 0 unspecified atom stereocenters. The molecule has 1 atom stereocenters. The van der Waals surface area contributed by atoms with Gasteiger partial charge in [-0.15, -0.1) is 0 Å². The molecule has 2 aliphatic rings. The summed E-state index contributed by atoms with van der Waals surface area (Å²) in [7, 11) is 0. The summed E-state index contributed by atoms with van der Waals surface area (Å²) < 4.78 is 0. The van der Waals surface area contributed by atoms with Crippen LogP contribution in [-0.4, -0.2) is 70.7 Å². The van der Waals surface area contributed by atoms with Crippen LogP contribution in [0.4, 0.5) is 0 Å². The van der Waals surface area contributed by atoms with Crippen molar-refractivity contribution in [3.8, 4) is 0 Å². The van der Waals surface area contributed by atoms with Gasteiger partial charge in [0.1, 0.15) is 0 Å². The van der Waals surface area contributed by atoms with Crippen LogP contribution in [0.3, 0.4) is 0 Å². The zero-order chi connectivity index (χ0) is 19.4. The fourth-order valence-corrected chi connectivity index (χ4v) is 4.72. The highest BCUT2D eigenvalue weighted by atomic mass is 16.1. The highest BCUT2D eigenvalue weighted by molar-refractivity contribution is 5.79. The second-order valence-electron chi connectivity index (χ2n) is 8.65. The topological polar surface area (TPSA) is 64.3 Å². The SMILES string of the molecule is Cc1n[nH]c(C)c1CCNC(=O)[C@H]1CCCN(C2CCN(C(C)C)CC2)C1. The number of nitrogens with one attached hydrogen (secondary N) is 2. The fourth-order valence-electron chi connectivity index (χ4n) is 4.72. The summed E-state index contributed by atoms with van der Waals surface area (Å²) in [5, 5.41) is 10.4. The van der Waals surface area contributed by atoms with Crippen molar-refractivity contribution in [1.82, 2.24) is 25.3 Å². The molecule has 2 saturated heterocycles. The van der Waals surface area contributed by atoms with Gasteiger partial charge in [-0.05, 0) is 85.0 Å². The van der Waals surface area contributed by atoms with E-state index >= 15 is 0 Å². The van der Waals surface area contributed by atoms with Crippen molar-refractivity contribution in [3.05, 3.63) is 17.0 Å². The molecule has 1 aromatic heterocycles. The standard InChI is InChI=1S/C21H37N5O/c1-15(2)25-12-8-19(9-13-25)26-11-5-6-18(14-26)21(27)22-10-7-20-16(3)23-24-17(20)4/h15,18-19H,5-14H2,1-4H3,(H,22,27)(H,23,24)/t18-/m0/s1. The number of aryl methyl sites for hydroxylation is 2. The molecule has 3 heterocycles. The Morgan fingerprint density at radius 1 is 1.22 bits per heavy atom. The van der Waals surface area contributed by atoms with E-state index in [0.29, 0.717) is 18.6 Å². The first kappa shape index (κ1) is 20.3. The van der Waals surface area contributed by atoms with Crippen molar-refractivity contribution in [1.29, 1.82) is 0 Å². The molecule has 3 rings (SSSR count). The van der Waals surface area contributed by atoms with E-state index in [-0.39, 0.29) is 11.8 Å². The van der Waals surface area contributed by atoms with Gasteiger partial charge in [0.15, 0.2) is 0 Å². The largest absolute Gasteiger partial charge is 0.355 e. The minimum absolute atomic E-state index is 0.147. The molecule has 6 heteroatoms. The van der Waals surface area contributed by atoms with Crippen molar-refractivity contribution >= 4 is 5.91 Å². The molecule has 2 N–H and O–H groups in total. The van der Waals surface area contributed by atoms with Gasteiger partial charge in [0.05, 0.1) is 11.6 Å². The molecule has 0 bridgehead atoms. The number of carbonyl (C=O) groups is 1. The number of hydrogen-bond acceptors (Lipinski definition) is 4. The molecule has 0 aliphatic carbocycles. The number of aromatic amines is 1. The third kappa shape index (κ3) is 5.11. The van der Waals surface area contributed by atoms with Crippen LogP contribution in [0.2, 0.25) is 0 Å². The second kappa shape index (κ2) is 9.20. The van der Waals surface area contributed by atoms with Crippen molar-refractivity contribution in [2.45, 2.75) is 71.9 Å². The molecule has 2 aliphatic heterocycles. The van der Waals surface area contributed by atoms with Gasteiger partial charge in [-0.25, -0.2) is 0 Å². The lowest BCUT2D eigenvalue weighted by Gasteiger charge is -2.43. The van der Waals surface area contributed by atoms with Gasteiger partial charge in [0.25, 0.3) is 0 Å². The molecular formula is C21H37N5O. The van der Waals surface area contributed by atoms with E-state index in [4.69, 9.17) is 0 Å². The van der Waals surface area contributed by atoms with Gasteiger partial charge in [0, 0.05) is 30.9 Å². The first-order valence-corrected chi connectivity index (χ1v) is 10.7. The van der Waals surface area contributed by atoms with Crippen molar-refractivity contribution in [3.63, 3.8) is 0 Å². The van der Waals surface area contributed by atoms with Gasteiger partial charge in [-0.1, -0.05) is 0 Å². The average molecular weight is 376 g/mol. The maximum atomic E-state index is 12.7. The van der Waals surface area contributed by atoms with Crippen molar-refractivity contribution < 1.29 is 4.79 Å². The Kier molecular flexibility index (Phi) is 6.93. The normalized spacial score (nSPS) is 23.1. The summed E-state index contributed by atoms with van der Waals surface area (Å²) in [6.45, 7) is 13.8. The molecule has 1 amide bonds. The molecule has 152 valence electrons. The Hall–Kier alpha value is -1.40. The van der Waals surface area contributed by atoms with E-state index in [0.717, 1.165) is 43.7 Å². The number of likely N-dealkylation sites (tertiary alicyclic amines) is 2. The van der Waals surface area contributed by atoms with E-state index in [1.54, 1.807) is 0 Å². The zero-order valence-electron chi connectivity index (χ0n) is 17.6. The Balaban J connectivity index is 1.44. The van der Waals surface area contributed by atoms with Crippen LogP contribution in [0.15, 0.2) is 0 Å². The summed E-state index contributed by atoms with van der Waals surface area (Å²) in [4.78, 5) is 17.9. The first-order chi connectivity index (χ1) is 13.0. The summed E-state index contributed by atoms with van der Waals surface area (Å²) in [5.74, 6) is 0.381.